The number of hydrogen-bond donors (Lipinski definition) is 0. The number of nitrogens with zero attached hydrogens (tertiary/aromatic N) is 2. The van der Waals surface area contributed by atoms with Gasteiger partial charge >= 0.3 is 0 Å². The van der Waals surface area contributed by atoms with Gasteiger partial charge in [0.05, 0.1) is 18.1 Å². The maximum absolute atomic E-state index is 12.8. The number of carbonyl (C=O) groups is 3. The number of carbonyl (C=O) groups excluding carboxylic acids is 3. The quantitative estimate of drug-likeness (QED) is 0.625. The zero-order chi connectivity index (χ0) is 22.5. The Morgan fingerprint density at radius 2 is 1.81 bits per heavy atom. The Hall–Kier alpha value is -3.10. The van der Waals surface area contributed by atoms with E-state index in [2.05, 4.69) is 0 Å². The van der Waals surface area contributed by atoms with Crippen LogP contribution in [0.4, 0.5) is 4.79 Å². The molecule has 0 N–H and O–H groups in total. The average Bonchev–Trinajstić information content (AvgIpc) is 3.07. The highest BCUT2D eigenvalue weighted by Gasteiger charge is 2.37. The lowest BCUT2D eigenvalue weighted by Crippen LogP contribution is -2.46. The summed E-state index contributed by atoms with van der Waals surface area (Å²) in [5.74, 6) is -0.0992. The van der Waals surface area contributed by atoms with E-state index >= 15 is 0 Å². The van der Waals surface area contributed by atoms with Gasteiger partial charge in [-0.15, -0.1) is 0 Å². The van der Waals surface area contributed by atoms with Gasteiger partial charge in [0, 0.05) is 18.7 Å². The van der Waals surface area contributed by atoms with Gasteiger partial charge in [0.25, 0.3) is 11.1 Å². The molecule has 0 aromatic heterocycles. The van der Waals surface area contributed by atoms with E-state index < -0.39 is 11.1 Å². The molecule has 2 fully saturated rings. The van der Waals surface area contributed by atoms with Crippen molar-refractivity contribution >= 4 is 34.9 Å². The van der Waals surface area contributed by atoms with Gasteiger partial charge in [0.15, 0.2) is 0 Å². The Labute approximate surface area is 191 Å². The third-order valence-electron chi connectivity index (χ3n) is 5.25. The summed E-state index contributed by atoms with van der Waals surface area (Å²) in [7, 11) is 0. The van der Waals surface area contributed by atoms with Crippen molar-refractivity contribution in [2.24, 2.45) is 0 Å². The van der Waals surface area contributed by atoms with Crippen LogP contribution in [0.5, 0.6) is 5.75 Å². The fraction of sp³-hybridized carbons (Fsp3) is 0.292. The number of benzene rings is 2. The summed E-state index contributed by atoms with van der Waals surface area (Å²) in [5, 5.41) is -0.444. The summed E-state index contributed by atoms with van der Waals surface area (Å²) in [6.45, 7) is 4.03. The van der Waals surface area contributed by atoms with Crippen LogP contribution in [0.25, 0.3) is 6.08 Å². The van der Waals surface area contributed by atoms with Crippen molar-refractivity contribution in [2.75, 3.05) is 32.8 Å². The van der Waals surface area contributed by atoms with E-state index in [1.807, 2.05) is 55.5 Å². The predicted octanol–water partition coefficient (Wildman–Crippen LogP) is 3.47. The zero-order valence-corrected chi connectivity index (χ0v) is 18.6. The molecule has 4 rings (SSSR count). The summed E-state index contributed by atoms with van der Waals surface area (Å²) < 4.78 is 11.2. The van der Waals surface area contributed by atoms with E-state index in [0.717, 1.165) is 22.2 Å². The van der Waals surface area contributed by atoms with Crippen molar-refractivity contribution in [2.45, 2.75) is 13.5 Å². The maximum Gasteiger partial charge on any atom is 0.294 e. The van der Waals surface area contributed by atoms with Gasteiger partial charge in [-0.05, 0) is 36.4 Å². The highest BCUT2D eigenvalue weighted by atomic mass is 32.2. The summed E-state index contributed by atoms with van der Waals surface area (Å²) >= 11 is 0.838. The second kappa shape index (κ2) is 10.0. The number of hydrogen-bond acceptors (Lipinski definition) is 6. The van der Waals surface area contributed by atoms with Crippen LogP contribution in [0.1, 0.15) is 16.7 Å². The lowest BCUT2D eigenvalue weighted by molar-refractivity contribution is -0.139. The van der Waals surface area contributed by atoms with Crippen molar-refractivity contribution < 1.29 is 23.9 Å². The molecule has 2 aromatic rings. The SMILES string of the molecule is Cc1ccc(COc2ccccc2/C=C2/SC(=O)N(CC(=O)N3CCOCC3)C2=O)cc1. The first kappa shape index (κ1) is 22.1. The van der Waals surface area contributed by atoms with Crippen LogP contribution in [-0.4, -0.2) is 59.7 Å². The fourth-order valence-electron chi connectivity index (χ4n) is 3.40. The minimum absolute atomic E-state index is 0.251. The Balaban J connectivity index is 1.45. The maximum atomic E-state index is 12.8. The smallest absolute Gasteiger partial charge is 0.294 e. The molecule has 0 spiro atoms. The topological polar surface area (TPSA) is 76.2 Å². The van der Waals surface area contributed by atoms with Crippen LogP contribution in [0.15, 0.2) is 53.4 Å². The summed E-state index contributed by atoms with van der Waals surface area (Å²) in [6, 6.07) is 15.4. The molecular weight excluding hydrogens is 428 g/mol. The van der Waals surface area contributed by atoms with Crippen LogP contribution in [0.2, 0.25) is 0 Å². The minimum Gasteiger partial charge on any atom is -0.488 e. The Bertz CT molecular complexity index is 1040. The van der Waals surface area contributed by atoms with E-state index in [1.54, 1.807) is 11.0 Å². The number of amides is 3. The standard InChI is InChI=1S/C24H24N2O5S/c1-17-6-8-18(9-7-17)16-31-20-5-3-2-4-19(20)14-21-23(28)26(24(29)32-21)15-22(27)25-10-12-30-13-11-25/h2-9,14H,10-13,15-16H2,1H3/b21-14+. The fourth-order valence-corrected chi connectivity index (χ4v) is 4.23. The first-order valence-electron chi connectivity index (χ1n) is 10.4. The number of rotatable bonds is 6. The van der Waals surface area contributed by atoms with E-state index in [-0.39, 0.29) is 17.4 Å². The van der Waals surface area contributed by atoms with Crippen LogP contribution in [-0.2, 0) is 20.9 Å². The largest absolute Gasteiger partial charge is 0.488 e. The molecule has 32 heavy (non-hydrogen) atoms. The van der Waals surface area contributed by atoms with Crippen LogP contribution in [0, 0.1) is 6.92 Å². The highest BCUT2D eigenvalue weighted by molar-refractivity contribution is 8.18. The normalized spacial score (nSPS) is 17.8. The molecule has 2 aliphatic heterocycles. The van der Waals surface area contributed by atoms with Crippen molar-refractivity contribution in [1.29, 1.82) is 0 Å². The van der Waals surface area contributed by atoms with Gasteiger partial charge in [0.1, 0.15) is 18.9 Å². The summed E-state index contributed by atoms with van der Waals surface area (Å²) in [4.78, 5) is 40.6. The van der Waals surface area contributed by atoms with E-state index in [0.29, 0.717) is 44.2 Å². The van der Waals surface area contributed by atoms with Crippen LogP contribution < -0.4 is 4.74 Å². The minimum atomic E-state index is -0.463. The summed E-state index contributed by atoms with van der Waals surface area (Å²) in [5.41, 5.74) is 2.91. The Morgan fingerprint density at radius 1 is 1.09 bits per heavy atom. The molecule has 8 heteroatoms. The molecule has 2 aliphatic rings. The number of para-hydroxylation sites is 1. The van der Waals surface area contributed by atoms with E-state index in [1.165, 1.54) is 5.56 Å². The van der Waals surface area contributed by atoms with Crippen molar-refractivity contribution in [3.05, 3.63) is 70.1 Å². The molecule has 2 heterocycles. The Morgan fingerprint density at radius 3 is 2.56 bits per heavy atom. The van der Waals surface area contributed by atoms with Crippen molar-refractivity contribution in [1.82, 2.24) is 9.80 Å². The molecule has 0 unspecified atom stereocenters. The third kappa shape index (κ3) is 5.20. The highest BCUT2D eigenvalue weighted by Crippen LogP contribution is 2.34. The molecule has 0 radical (unpaired) electrons. The van der Waals surface area contributed by atoms with Crippen molar-refractivity contribution in [3.63, 3.8) is 0 Å². The van der Waals surface area contributed by atoms with Crippen molar-refractivity contribution in [3.8, 4) is 5.75 Å². The second-order valence-corrected chi connectivity index (χ2v) is 8.57. The van der Waals surface area contributed by atoms with Gasteiger partial charge in [0.2, 0.25) is 5.91 Å². The molecule has 166 valence electrons. The lowest BCUT2D eigenvalue weighted by Gasteiger charge is -2.28. The van der Waals surface area contributed by atoms with E-state index in [9.17, 15) is 14.4 Å². The summed E-state index contributed by atoms with van der Waals surface area (Å²) in [6.07, 6.45) is 1.65. The van der Waals surface area contributed by atoms with E-state index in [4.69, 9.17) is 9.47 Å². The average molecular weight is 453 g/mol. The predicted molar refractivity (Wildman–Crippen MR) is 122 cm³/mol. The van der Waals surface area contributed by atoms with Crippen LogP contribution in [0.3, 0.4) is 0 Å². The molecule has 0 bridgehead atoms. The Kier molecular flexibility index (Phi) is 6.92. The lowest BCUT2D eigenvalue weighted by atomic mass is 10.1. The zero-order valence-electron chi connectivity index (χ0n) is 17.8. The first-order chi connectivity index (χ1) is 15.5. The molecule has 0 aliphatic carbocycles. The number of imide groups is 1. The molecular formula is C24H24N2O5S. The molecule has 2 saturated heterocycles. The van der Waals surface area contributed by atoms with Gasteiger partial charge in [-0.1, -0.05) is 48.0 Å². The number of thioether (sulfide) groups is 1. The second-order valence-electron chi connectivity index (χ2n) is 7.57. The molecule has 3 amide bonds. The molecule has 7 nitrogen and oxygen atoms in total. The number of ether oxygens (including phenoxy) is 2. The number of morpholine rings is 1. The van der Waals surface area contributed by atoms with Gasteiger partial charge < -0.3 is 14.4 Å². The van der Waals surface area contributed by atoms with Crippen LogP contribution >= 0.6 is 11.8 Å². The number of aryl methyl sites for hydroxylation is 1. The van der Waals surface area contributed by atoms with Gasteiger partial charge in [-0.25, -0.2) is 0 Å². The third-order valence-corrected chi connectivity index (χ3v) is 6.16. The van der Waals surface area contributed by atoms with Gasteiger partial charge in [-0.3, -0.25) is 19.3 Å². The molecule has 0 atom stereocenters. The first-order valence-corrected chi connectivity index (χ1v) is 11.2. The van der Waals surface area contributed by atoms with Gasteiger partial charge in [-0.2, -0.15) is 0 Å². The molecule has 2 aromatic carbocycles. The molecule has 0 saturated carbocycles. The monoisotopic (exact) mass is 452 g/mol.